The molecule has 0 radical (unpaired) electrons. The number of hydrogen-bond acceptors (Lipinski definition) is 3. The lowest BCUT2D eigenvalue weighted by molar-refractivity contribution is -0.118. The van der Waals surface area contributed by atoms with Crippen LogP contribution in [0.5, 0.6) is 0 Å². The first-order valence-electron chi connectivity index (χ1n) is 9.76. The van der Waals surface area contributed by atoms with E-state index in [9.17, 15) is 4.79 Å². The largest absolute Gasteiger partial charge is 0.318 e. The number of halogens is 1. The fourth-order valence-electron chi connectivity index (χ4n) is 3.47. The second-order valence-electron chi connectivity index (χ2n) is 7.39. The van der Waals surface area contributed by atoms with E-state index in [-0.39, 0.29) is 5.91 Å². The van der Waals surface area contributed by atoms with E-state index in [1.165, 1.54) is 16.7 Å². The highest BCUT2D eigenvalue weighted by atomic mass is 79.9. The maximum atomic E-state index is 12.1. The van der Waals surface area contributed by atoms with Crippen LogP contribution in [0.1, 0.15) is 33.6 Å². The van der Waals surface area contributed by atoms with Crippen molar-refractivity contribution in [2.24, 2.45) is 5.10 Å². The van der Waals surface area contributed by atoms with E-state index in [4.69, 9.17) is 0 Å². The van der Waals surface area contributed by atoms with Gasteiger partial charge in [-0.15, -0.1) is 11.8 Å². The van der Waals surface area contributed by atoms with E-state index in [2.05, 4.69) is 89.1 Å². The van der Waals surface area contributed by atoms with Gasteiger partial charge in [0.25, 0.3) is 0 Å². The van der Waals surface area contributed by atoms with Crippen LogP contribution in [-0.4, -0.2) is 22.4 Å². The van der Waals surface area contributed by atoms with E-state index in [0.717, 1.165) is 32.9 Å². The van der Waals surface area contributed by atoms with Gasteiger partial charge in [0.15, 0.2) is 0 Å². The number of nitrogens with one attached hydrogen (secondary N) is 1. The van der Waals surface area contributed by atoms with Crippen molar-refractivity contribution in [3.8, 4) is 5.69 Å². The van der Waals surface area contributed by atoms with Gasteiger partial charge in [0.05, 0.1) is 12.0 Å². The number of rotatable bonds is 7. The normalized spacial score (nSPS) is 11.2. The zero-order valence-electron chi connectivity index (χ0n) is 17.7. The van der Waals surface area contributed by atoms with Crippen molar-refractivity contribution < 1.29 is 4.79 Å². The molecule has 3 aromatic rings. The van der Waals surface area contributed by atoms with E-state index >= 15 is 0 Å². The molecule has 0 bridgehead atoms. The summed E-state index contributed by atoms with van der Waals surface area (Å²) in [5, 5.41) is 4.17. The molecule has 156 valence electrons. The van der Waals surface area contributed by atoms with Gasteiger partial charge in [-0.05, 0) is 68.7 Å². The van der Waals surface area contributed by atoms with Gasteiger partial charge in [-0.1, -0.05) is 40.2 Å². The maximum absolute atomic E-state index is 12.1. The van der Waals surface area contributed by atoms with Crippen molar-refractivity contribution in [2.75, 3.05) is 5.75 Å². The molecule has 1 N–H and O–H groups in total. The van der Waals surface area contributed by atoms with Crippen LogP contribution in [0.2, 0.25) is 0 Å². The predicted molar refractivity (Wildman–Crippen MR) is 131 cm³/mol. The van der Waals surface area contributed by atoms with Gasteiger partial charge < -0.3 is 4.57 Å². The van der Waals surface area contributed by atoms with Gasteiger partial charge in [0, 0.05) is 32.9 Å². The van der Waals surface area contributed by atoms with E-state index in [1.54, 1.807) is 18.0 Å². The van der Waals surface area contributed by atoms with E-state index in [1.807, 2.05) is 18.2 Å². The number of hydrogen-bond donors (Lipinski definition) is 1. The monoisotopic (exact) mass is 483 g/mol. The summed E-state index contributed by atoms with van der Waals surface area (Å²) >= 11 is 5.10. The zero-order valence-corrected chi connectivity index (χ0v) is 20.1. The topological polar surface area (TPSA) is 46.4 Å². The number of benzene rings is 2. The third kappa shape index (κ3) is 5.64. The van der Waals surface area contributed by atoms with Crippen molar-refractivity contribution >= 4 is 39.8 Å². The minimum absolute atomic E-state index is 0.105. The molecule has 4 nitrogen and oxygen atoms in total. The van der Waals surface area contributed by atoms with Crippen LogP contribution < -0.4 is 5.43 Å². The first-order chi connectivity index (χ1) is 14.3. The summed E-state index contributed by atoms with van der Waals surface area (Å²) in [5.74, 6) is 1.03. The summed E-state index contributed by atoms with van der Waals surface area (Å²) in [5.41, 5.74) is 10.7. The molecule has 30 heavy (non-hydrogen) atoms. The second kappa shape index (κ2) is 10.1. The molecule has 0 saturated carbocycles. The molecule has 0 aliphatic carbocycles. The molecule has 1 aromatic heterocycles. The fraction of sp³-hybridized carbons (Fsp3) is 0.250. The van der Waals surface area contributed by atoms with Crippen LogP contribution in [0.15, 0.2) is 58.1 Å². The number of amides is 1. The predicted octanol–water partition coefficient (Wildman–Crippen LogP) is 5.86. The first kappa shape index (κ1) is 22.4. The standard InChI is InChI=1S/C24H26BrN3OS/c1-16-9-17(2)11-22(10-16)28-18(3)12-21(19(28)4)13-26-27-24(29)15-30-14-20-7-5-6-8-23(20)25/h5-13H,14-15H2,1-4H3,(H,27,29)/b26-13+. The Labute approximate surface area is 190 Å². The van der Waals surface area contributed by atoms with E-state index < -0.39 is 0 Å². The van der Waals surface area contributed by atoms with Gasteiger partial charge in [-0.25, -0.2) is 5.43 Å². The molecule has 0 fully saturated rings. The van der Waals surface area contributed by atoms with Gasteiger partial charge in [0.1, 0.15) is 0 Å². The highest BCUT2D eigenvalue weighted by Gasteiger charge is 2.10. The molecule has 6 heteroatoms. The van der Waals surface area contributed by atoms with Crippen molar-refractivity contribution in [3.05, 3.63) is 86.6 Å². The smallest absolute Gasteiger partial charge is 0.250 e. The number of hydrazone groups is 1. The highest BCUT2D eigenvalue weighted by Crippen LogP contribution is 2.22. The van der Waals surface area contributed by atoms with Crippen molar-refractivity contribution in [3.63, 3.8) is 0 Å². The highest BCUT2D eigenvalue weighted by molar-refractivity contribution is 9.10. The molecule has 0 aliphatic heterocycles. The summed E-state index contributed by atoms with van der Waals surface area (Å²) in [6, 6.07) is 16.7. The van der Waals surface area contributed by atoms with Crippen molar-refractivity contribution in [2.45, 2.75) is 33.4 Å². The molecule has 0 saturated heterocycles. The Morgan fingerprint density at radius 2 is 1.80 bits per heavy atom. The lowest BCUT2D eigenvalue weighted by Crippen LogP contribution is -2.19. The average Bonchev–Trinajstić information content (AvgIpc) is 2.96. The average molecular weight is 484 g/mol. The minimum atomic E-state index is -0.105. The van der Waals surface area contributed by atoms with Crippen molar-refractivity contribution in [1.82, 2.24) is 9.99 Å². The molecule has 3 rings (SSSR count). The molecule has 0 unspecified atom stereocenters. The third-order valence-corrected chi connectivity index (χ3v) is 6.53. The lowest BCUT2D eigenvalue weighted by atomic mass is 10.1. The Morgan fingerprint density at radius 3 is 2.50 bits per heavy atom. The van der Waals surface area contributed by atoms with Crippen LogP contribution in [0.3, 0.4) is 0 Å². The molecular weight excluding hydrogens is 458 g/mol. The number of aryl methyl sites for hydroxylation is 3. The van der Waals surface area contributed by atoms with Crippen LogP contribution in [0, 0.1) is 27.7 Å². The molecule has 2 aromatic carbocycles. The summed E-state index contributed by atoms with van der Waals surface area (Å²) < 4.78 is 3.28. The molecule has 0 atom stereocenters. The van der Waals surface area contributed by atoms with E-state index in [0.29, 0.717) is 5.75 Å². The Balaban J connectivity index is 1.60. The van der Waals surface area contributed by atoms with Crippen LogP contribution in [0.4, 0.5) is 0 Å². The van der Waals surface area contributed by atoms with Gasteiger partial charge in [-0.2, -0.15) is 5.10 Å². The Kier molecular flexibility index (Phi) is 7.56. The SMILES string of the molecule is Cc1cc(C)cc(-n2c(C)cc(/C=N/NC(=O)CSCc3ccccc3Br)c2C)c1. The molecule has 1 heterocycles. The quantitative estimate of drug-likeness (QED) is 0.338. The zero-order chi connectivity index (χ0) is 21.7. The summed E-state index contributed by atoms with van der Waals surface area (Å²) in [7, 11) is 0. The number of carbonyl (C=O) groups is 1. The van der Waals surface area contributed by atoms with Crippen LogP contribution >= 0.6 is 27.7 Å². The third-order valence-electron chi connectivity index (χ3n) is 4.78. The minimum Gasteiger partial charge on any atom is -0.318 e. The number of carbonyl (C=O) groups excluding carboxylic acids is 1. The first-order valence-corrected chi connectivity index (χ1v) is 11.7. The number of nitrogens with zero attached hydrogens (tertiary/aromatic N) is 2. The van der Waals surface area contributed by atoms with Crippen LogP contribution in [0.25, 0.3) is 5.69 Å². The van der Waals surface area contributed by atoms with Gasteiger partial charge in [0.2, 0.25) is 5.91 Å². The summed E-state index contributed by atoms with van der Waals surface area (Å²) in [4.78, 5) is 12.1. The van der Waals surface area contributed by atoms with Gasteiger partial charge >= 0.3 is 0 Å². The molecule has 0 aliphatic rings. The summed E-state index contributed by atoms with van der Waals surface area (Å²) in [6.07, 6.45) is 1.72. The second-order valence-corrected chi connectivity index (χ2v) is 9.23. The molecule has 1 amide bonds. The lowest BCUT2D eigenvalue weighted by Gasteiger charge is -2.11. The van der Waals surface area contributed by atoms with Crippen LogP contribution in [-0.2, 0) is 10.5 Å². The van der Waals surface area contributed by atoms with Gasteiger partial charge in [-0.3, -0.25) is 4.79 Å². The number of aromatic nitrogens is 1. The summed E-state index contributed by atoms with van der Waals surface area (Å²) in [6.45, 7) is 8.37. The molecule has 0 spiro atoms. The Morgan fingerprint density at radius 1 is 1.10 bits per heavy atom. The fourth-order valence-corrected chi connectivity index (χ4v) is 4.90. The van der Waals surface area contributed by atoms with Crippen molar-refractivity contribution in [1.29, 1.82) is 0 Å². The maximum Gasteiger partial charge on any atom is 0.250 e. The molecular formula is C24H26BrN3OS. The number of thioether (sulfide) groups is 1. The Hall–Kier alpha value is -2.31. The Bertz CT molecular complexity index is 1070.